The van der Waals surface area contributed by atoms with Crippen molar-refractivity contribution in [3.05, 3.63) is 34.3 Å². The van der Waals surface area contributed by atoms with E-state index >= 15 is 0 Å². The normalized spacial score (nSPS) is 23.5. The lowest BCUT2D eigenvalue weighted by Gasteiger charge is -2.30. The summed E-state index contributed by atoms with van der Waals surface area (Å²) in [6, 6.07) is 6.99. The maximum Gasteiger partial charge on any atom is 0.321 e. The number of ketones is 1. The molecule has 1 heterocycles. The monoisotopic (exact) mass is 396 g/mol. The van der Waals surface area contributed by atoms with Crippen LogP contribution in [0.2, 0.25) is 0 Å². The molecule has 3 atom stereocenters. The number of esters is 2. The van der Waals surface area contributed by atoms with Gasteiger partial charge in [-0.15, -0.1) is 0 Å². The summed E-state index contributed by atoms with van der Waals surface area (Å²) in [6.45, 7) is 7.02. The Morgan fingerprint density at radius 3 is 2.42 bits per heavy atom. The Labute approximate surface area is 149 Å². The summed E-state index contributed by atoms with van der Waals surface area (Å²) >= 11 is 3.33. The maximum absolute atomic E-state index is 12.8. The lowest BCUT2D eigenvalue weighted by Crippen LogP contribution is -2.41. The molecule has 24 heavy (non-hydrogen) atoms. The first-order chi connectivity index (χ1) is 11.2. The lowest BCUT2D eigenvalue weighted by molar-refractivity contribution is -0.157. The van der Waals surface area contributed by atoms with Gasteiger partial charge in [0.25, 0.3) is 0 Å². The van der Waals surface area contributed by atoms with Crippen molar-refractivity contribution in [2.45, 2.75) is 33.3 Å². The minimum absolute atomic E-state index is 0.131. The molecule has 1 aromatic rings. The summed E-state index contributed by atoms with van der Waals surface area (Å²) < 4.78 is 11.3. The zero-order chi connectivity index (χ0) is 18.1. The van der Waals surface area contributed by atoms with Crippen LogP contribution >= 0.6 is 15.9 Å². The Kier molecular flexibility index (Phi) is 5.48. The van der Waals surface area contributed by atoms with Gasteiger partial charge in [0.2, 0.25) is 0 Å². The largest absolute Gasteiger partial charge is 0.465 e. The first-order valence-corrected chi connectivity index (χ1v) is 8.67. The van der Waals surface area contributed by atoms with Crippen LogP contribution in [-0.2, 0) is 19.1 Å². The molecule has 1 aliphatic rings. The molecule has 0 amide bonds. The van der Waals surface area contributed by atoms with Gasteiger partial charge in [-0.05, 0) is 32.9 Å². The highest BCUT2D eigenvalue weighted by atomic mass is 79.9. The molecule has 0 aliphatic carbocycles. The van der Waals surface area contributed by atoms with E-state index in [1.165, 1.54) is 0 Å². The van der Waals surface area contributed by atoms with Crippen molar-refractivity contribution >= 4 is 33.7 Å². The molecule has 0 bridgehead atoms. The lowest BCUT2D eigenvalue weighted by atomic mass is 9.72. The predicted octanol–water partition coefficient (Wildman–Crippen LogP) is 3.40. The van der Waals surface area contributed by atoms with E-state index in [-0.39, 0.29) is 12.4 Å². The van der Waals surface area contributed by atoms with Gasteiger partial charge >= 0.3 is 11.9 Å². The number of rotatable bonds is 5. The molecule has 5 nitrogen and oxygen atoms in total. The SMILES string of the molecule is CCOC(=O)[C@H]1C(=O)OC(C)(C)[C@@H]1[C@H](C)C(=O)c1ccc(Br)cc1. The Bertz CT molecular complexity index is 650. The molecule has 1 aliphatic heterocycles. The highest BCUT2D eigenvalue weighted by molar-refractivity contribution is 9.10. The molecule has 1 fully saturated rings. The van der Waals surface area contributed by atoms with E-state index in [2.05, 4.69) is 15.9 Å². The van der Waals surface area contributed by atoms with Gasteiger partial charge in [-0.25, -0.2) is 0 Å². The van der Waals surface area contributed by atoms with Crippen molar-refractivity contribution in [3.8, 4) is 0 Å². The topological polar surface area (TPSA) is 69.7 Å². The number of carbonyl (C=O) groups is 3. The van der Waals surface area contributed by atoms with Crippen LogP contribution in [-0.4, -0.2) is 29.9 Å². The number of halogens is 1. The Morgan fingerprint density at radius 1 is 1.29 bits per heavy atom. The fourth-order valence-corrected chi connectivity index (χ4v) is 3.61. The molecule has 2 rings (SSSR count). The zero-order valence-corrected chi connectivity index (χ0v) is 15.8. The van der Waals surface area contributed by atoms with Crippen molar-refractivity contribution in [2.24, 2.45) is 17.8 Å². The summed E-state index contributed by atoms with van der Waals surface area (Å²) in [7, 11) is 0. The van der Waals surface area contributed by atoms with Crippen LogP contribution in [0.3, 0.4) is 0 Å². The van der Waals surface area contributed by atoms with Crippen LogP contribution in [0.1, 0.15) is 38.1 Å². The van der Waals surface area contributed by atoms with Crippen LogP contribution in [0.5, 0.6) is 0 Å². The summed E-state index contributed by atoms with van der Waals surface area (Å²) in [4.78, 5) is 37.2. The van der Waals surface area contributed by atoms with Gasteiger partial charge in [0.05, 0.1) is 6.61 Å². The number of benzene rings is 1. The molecule has 0 N–H and O–H groups in total. The van der Waals surface area contributed by atoms with Gasteiger partial charge in [0.1, 0.15) is 5.60 Å². The second kappa shape index (κ2) is 7.05. The number of cyclic esters (lactones) is 1. The summed E-state index contributed by atoms with van der Waals surface area (Å²) in [6.07, 6.45) is 0. The standard InChI is InChI=1S/C18H21BrO5/c1-5-23-16(21)13-14(18(3,4)24-17(13)22)10(2)15(20)11-6-8-12(19)9-7-11/h6-10,13-14H,5H2,1-4H3/t10-,13-,14+/m0/s1. The molecule has 0 radical (unpaired) electrons. The zero-order valence-electron chi connectivity index (χ0n) is 14.2. The second-order valence-electron chi connectivity index (χ2n) is 6.44. The van der Waals surface area contributed by atoms with Gasteiger partial charge in [-0.2, -0.15) is 0 Å². The van der Waals surface area contributed by atoms with Crippen LogP contribution in [0.4, 0.5) is 0 Å². The number of Topliss-reactive ketones (excluding diaryl/α,β-unsaturated/α-hetero) is 1. The number of ether oxygens (including phenoxy) is 2. The molecule has 0 spiro atoms. The van der Waals surface area contributed by atoms with Crippen molar-refractivity contribution < 1.29 is 23.9 Å². The van der Waals surface area contributed by atoms with Gasteiger partial charge in [-0.3, -0.25) is 14.4 Å². The average molecular weight is 397 g/mol. The average Bonchev–Trinajstić information content (AvgIpc) is 2.75. The molecule has 130 valence electrons. The van der Waals surface area contributed by atoms with E-state index in [0.717, 1.165) is 4.47 Å². The minimum atomic E-state index is -1.07. The van der Waals surface area contributed by atoms with Crippen LogP contribution in [0.15, 0.2) is 28.7 Å². The van der Waals surface area contributed by atoms with Crippen molar-refractivity contribution in [3.63, 3.8) is 0 Å². The molecule has 0 unspecified atom stereocenters. The summed E-state index contributed by atoms with van der Waals surface area (Å²) in [5.41, 5.74) is -0.387. The van der Waals surface area contributed by atoms with Gasteiger partial charge in [0.15, 0.2) is 11.7 Å². The molecule has 1 saturated heterocycles. The number of hydrogen-bond donors (Lipinski definition) is 0. The smallest absolute Gasteiger partial charge is 0.321 e. The third kappa shape index (κ3) is 3.53. The van der Waals surface area contributed by atoms with E-state index in [9.17, 15) is 14.4 Å². The molecule has 1 aromatic carbocycles. The van der Waals surface area contributed by atoms with Crippen LogP contribution in [0, 0.1) is 17.8 Å². The summed E-state index contributed by atoms with van der Waals surface area (Å²) in [5.74, 6) is -3.61. The Hall–Kier alpha value is -1.69. The van der Waals surface area contributed by atoms with E-state index in [0.29, 0.717) is 5.56 Å². The van der Waals surface area contributed by atoms with E-state index in [1.54, 1.807) is 52.0 Å². The molecule has 0 aromatic heterocycles. The molecular formula is C18H21BrO5. The van der Waals surface area contributed by atoms with E-state index in [4.69, 9.17) is 9.47 Å². The maximum atomic E-state index is 12.8. The molecule has 6 heteroatoms. The van der Waals surface area contributed by atoms with Gasteiger partial charge in [0, 0.05) is 21.9 Å². The predicted molar refractivity (Wildman–Crippen MR) is 91.4 cm³/mol. The van der Waals surface area contributed by atoms with Crippen LogP contribution < -0.4 is 0 Å². The number of carbonyl (C=O) groups excluding carboxylic acids is 3. The second-order valence-corrected chi connectivity index (χ2v) is 7.36. The van der Waals surface area contributed by atoms with E-state index < -0.39 is 35.3 Å². The van der Waals surface area contributed by atoms with Crippen LogP contribution in [0.25, 0.3) is 0 Å². The summed E-state index contributed by atoms with van der Waals surface area (Å²) in [5, 5.41) is 0. The Morgan fingerprint density at radius 2 is 1.88 bits per heavy atom. The van der Waals surface area contributed by atoms with Crippen molar-refractivity contribution in [1.29, 1.82) is 0 Å². The van der Waals surface area contributed by atoms with Crippen molar-refractivity contribution in [2.75, 3.05) is 6.61 Å². The fraction of sp³-hybridized carbons (Fsp3) is 0.500. The first-order valence-electron chi connectivity index (χ1n) is 7.88. The highest BCUT2D eigenvalue weighted by Crippen LogP contribution is 2.43. The first kappa shape index (κ1) is 18.6. The van der Waals surface area contributed by atoms with E-state index in [1.807, 2.05) is 0 Å². The van der Waals surface area contributed by atoms with Crippen molar-refractivity contribution in [1.82, 2.24) is 0 Å². The molecule has 0 saturated carbocycles. The third-order valence-electron chi connectivity index (χ3n) is 4.40. The third-order valence-corrected chi connectivity index (χ3v) is 4.93. The Balaban J connectivity index is 2.33. The molecular weight excluding hydrogens is 376 g/mol. The van der Waals surface area contributed by atoms with Gasteiger partial charge in [-0.1, -0.05) is 35.0 Å². The quantitative estimate of drug-likeness (QED) is 0.433. The number of hydrogen-bond acceptors (Lipinski definition) is 5. The minimum Gasteiger partial charge on any atom is -0.465 e. The van der Waals surface area contributed by atoms with Gasteiger partial charge < -0.3 is 9.47 Å². The fourth-order valence-electron chi connectivity index (χ4n) is 3.34. The highest BCUT2D eigenvalue weighted by Gasteiger charge is 2.57.